The van der Waals surface area contributed by atoms with Crippen LogP contribution in [-0.4, -0.2) is 9.97 Å². The zero-order valence-electron chi connectivity index (χ0n) is 6.65. The first kappa shape index (κ1) is 8.00. The fraction of sp³-hybridized carbons (Fsp3) is 0. The van der Waals surface area contributed by atoms with E-state index in [0.717, 1.165) is 5.13 Å². The molecule has 0 spiro atoms. The van der Waals surface area contributed by atoms with Crippen LogP contribution in [0.2, 0.25) is 0 Å². The van der Waals surface area contributed by atoms with Gasteiger partial charge in [-0.2, -0.15) is 0 Å². The highest BCUT2D eigenvalue weighted by Crippen LogP contribution is 2.14. The lowest BCUT2D eigenvalue weighted by Gasteiger charge is -1.98. The molecule has 0 radical (unpaired) electrons. The van der Waals surface area contributed by atoms with Gasteiger partial charge < -0.3 is 10.3 Å². The van der Waals surface area contributed by atoms with Crippen LogP contribution in [0.15, 0.2) is 34.7 Å². The number of nitrogens with zero attached hydrogens (tertiary/aromatic N) is 1. The number of pyridine rings is 1. The van der Waals surface area contributed by atoms with Crippen LogP contribution in [0.5, 0.6) is 0 Å². The number of aromatic amines is 1. The van der Waals surface area contributed by atoms with Crippen LogP contribution < -0.4 is 10.9 Å². The van der Waals surface area contributed by atoms with Gasteiger partial charge in [0.2, 0.25) is 0 Å². The molecular formula is C8H7N3OS. The molecule has 0 aliphatic carbocycles. The Kier molecular flexibility index (Phi) is 2.09. The average Bonchev–Trinajstić information content (AvgIpc) is 2.61. The van der Waals surface area contributed by atoms with E-state index in [1.807, 2.05) is 5.38 Å². The van der Waals surface area contributed by atoms with Gasteiger partial charge in [0.15, 0.2) is 5.13 Å². The Hall–Kier alpha value is -1.62. The summed E-state index contributed by atoms with van der Waals surface area (Å²) < 4.78 is 0. The Morgan fingerprint density at radius 1 is 1.54 bits per heavy atom. The maximum absolute atomic E-state index is 11.2. The predicted molar refractivity (Wildman–Crippen MR) is 52.5 cm³/mol. The average molecular weight is 193 g/mol. The number of hydrogen-bond donors (Lipinski definition) is 2. The number of rotatable bonds is 2. The van der Waals surface area contributed by atoms with E-state index in [2.05, 4.69) is 15.3 Å². The summed E-state index contributed by atoms with van der Waals surface area (Å²) in [6.45, 7) is 0. The summed E-state index contributed by atoms with van der Waals surface area (Å²) in [5.41, 5.74) is 0.371. The van der Waals surface area contributed by atoms with Crippen molar-refractivity contribution in [2.24, 2.45) is 0 Å². The van der Waals surface area contributed by atoms with Gasteiger partial charge in [0.1, 0.15) is 5.69 Å². The van der Waals surface area contributed by atoms with Crippen molar-refractivity contribution in [3.05, 3.63) is 40.3 Å². The molecule has 2 aromatic heterocycles. The first-order chi connectivity index (χ1) is 6.36. The van der Waals surface area contributed by atoms with E-state index >= 15 is 0 Å². The minimum atomic E-state index is -0.141. The smallest absolute Gasteiger partial charge is 0.271 e. The highest BCUT2D eigenvalue weighted by Gasteiger charge is 1.99. The lowest BCUT2D eigenvalue weighted by Crippen LogP contribution is -2.09. The molecule has 0 saturated carbocycles. The van der Waals surface area contributed by atoms with Crippen molar-refractivity contribution in [1.29, 1.82) is 0 Å². The summed E-state index contributed by atoms with van der Waals surface area (Å²) in [5, 5.41) is 5.48. The Labute approximate surface area is 78.3 Å². The Bertz CT molecular complexity index is 435. The summed E-state index contributed by atoms with van der Waals surface area (Å²) in [4.78, 5) is 17.8. The van der Waals surface area contributed by atoms with Crippen molar-refractivity contribution in [3.63, 3.8) is 0 Å². The second kappa shape index (κ2) is 3.40. The second-order valence-electron chi connectivity index (χ2n) is 2.38. The van der Waals surface area contributed by atoms with Crippen molar-refractivity contribution in [1.82, 2.24) is 9.97 Å². The van der Waals surface area contributed by atoms with E-state index in [-0.39, 0.29) is 5.56 Å². The van der Waals surface area contributed by atoms with Crippen molar-refractivity contribution < 1.29 is 0 Å². The maximum atomic E-state index is 11.2. The summed E-state index contributed by atoms with van der Waals surface area (Å²) in [6, 6.07) is 3.47. The Balaban J connectivity index is 2.29. The van der Waals surface area contributed by atoms with Crippen LogP contribution >= 0.6 is 11.3 Å². The SMILES string of the molecule is O=c1[nH]cccc1Nc1nccs1. The lowest BCUT2D eigenvalue weighted by molar-refractivity contribution is 1.23. The molecule has 4 nitrogen and oxygen atoms in total. The van der Waals surface area contributed by atoms with Gasteiger partial charge in [-0.05, 0) is 12.1 Å². The molecule has 0 saturated heterocycles. The van der Waals surface area contributed by atoms with Crippen molar-refractivity contribution in [2.75, 3.05) is 5.32 Å². The third kappa shape index (κ3) is 1.75. The largest absolute Gasteiger partial charge is 0.327 e. The first-order valence-corrected chi connectivity index (χ1v) is 4.58. The summed E-state index contributed by atoms with van der Waals surface area (Å²) in [6.07, 6.45) is 3.28. The Morgan fingerprint density at radius 2 is 2.46 bits per heavy atom. The highest BCUT2D eigenvalue weighted by molar-refractivity contribution is 7.13. The quantitative estimate of drug-likeness (QED) is 0.761. The van der Waals surface area contributed by atoms with Crippen LogP contribution in [0, 0.1) is 0 Å². The molecule has 2 heterocycles. The minimum Gasteiger partial charge on any atom is -0.327 e. The molecule has 5 heteroatoms. The molecule has 0 atom stereocenters. The number of aromatic nitrogens is 2. The standard InChI is InChI=1S/C8H7N3OS/c12-7-6(2-1-3-9-7)11-8-10-4-5-13-8/h1-5H,(H,9,12)(H,10,11). The number of nitrogens with one attached hydrogen (secondary N) is 2. The molecule has 0 aliphatic rings. The van der Waals surface area contributed by atoms with Gasteiger partial charge in [-0.1, -0.05) is 0 Å². The molecule has 66 valence electrons. The molecule has 2 rings (SSSR count). The summed E-state index contributed by atoms with van der Waals surface area (Å²) in [7, 11) is 0. The van der Waals surface area contributed by atoms with Crippen LogP contribution in [0.4, 0.5) is 10.8 Å². The van der Waals surface area contributed by atoms with Crippen molar-refractivity contribution in [3.8, 4) is 0 Å². The molecule has 13 heavy (non-hydrogen) atoms. The summed E-state index contributed by atoms with van der Waals surface area (Å²) in [5.74, 6) is 0. The van der Waals surface area contributed by atoms with E-state index in [1.165, 1.54) is 11.3 Å². The molecule has 0 aliphatic heterocycles. The van der Waals surface area contributed by atoms with Gasteiger partial charge >= 0.3 is 0 Å². The number of H-pyrrole nitrogens is 1. The second-order valence-corrected chi connectivity index (χ2v) is 3.27. The van der Waals surface area contributed by atoms with E-state index in [4.69, 9.17) is 0 Å². The summed E-state index contributed by atoms with van der Waals surface area (Å²) >= 11 is 1.45. The third-order valence-corrected chi connectivity index (χ3v) is 2.18. The normalized spacial score (nSPS) is 9.85. The van der Waals surface area contributed by atoms with Crippen LogP contribution in [-0.2, 0) is 0 Å². The van der Waals surface area contributed by atoms with Crippen LogP contribution in [0.1, 0.15) is 0 Å². The van der Waals surface area contributed by atoms with Gasteiger partial charge in [0, 0.05) is 17.8 Å². The van der Waals surface area contributed by atoms with Crippen LogP contribution in [0.3, 0.4) is 0 Å². The Morgan fingerprint density at radius 3 is 3.15 bits per heavy atom. The predicted octanol–water partition coefficient (Wildman–Crippen LogP) is 1.57. The zero-order valence-corrected chi connectivity index (χ0v) is 7.47. The number of anilines is 2. The molecule has 0 fully saturated rings. The fourth-order valence-electron chi connectivity index (χ4n) is 0.920. The molecule has 2 aromatic rings. The van der Waals surface area contributed by atoms with Crippen LogP contribution in [0.25, 0.3) is 0 Å². The van der Waals surface area contributed by atoms with Gasteiger partial charge in [0.05, 0.1) is 0 Å². The highest BCUT2D eigenvalue weighted by atomic mass is 32.1. The first-order valence-electron chi connectivity index (χ1n) is 3.70. The number of hydrogen-bond acceptors (Lipinski definition) is 4. The molecule has 0 bridgehead atoms. The third-order valence-electron chi connectivity index (χ3n) is 1.49. The zero-order chi connectivity index (χ0) is 9.10. The molecule has 0 unspecified atom stereocenters. The van der Waals surface area contributed by atoms with E-state index in [1.54, 1.807) is 24.5 Å². The van der Waals surface area contributed by atoms with Crippen molar-refractivity contribution in [2.45, 2.75) is 0 Å². The fourth-order valence-corrected chi connectivity index (χ4v) is 1.46. The van der Waals surface area contributed by atoms with E-state index in [9.17, 15) is 4.79 Å². The van der Waals surface area contributed by atoms with Gasteiger partial charge in [0.25, 0.3) is 5.56 Å². The van der Waals surface area contributed by atoms with Gasteiger partial charge in [-0.3, -0.25) is 4.79 Å². The molecule has 0 amide bonds. The van der Waals surface area contributed by atoms with Gasteiger partial charge in [-0.25, -0.2) is 4.98 Å². The molecule has 0 aromatic carbocycles. The van der Waals surface area contributed by atoms with E-state index in [0.29, 0.717) is 5.69 Å². The minimum absolute atomic E-state index is 0.141. The topological polar surface area (TPSA) is 57.8 Å². The van der Waals surface area contributed by atoms with Gasteiger partial charge in [-0.15, -0.1) is 11.3 Å². The molecule has 2 N–H and O–H groups in total. The monoisotopic (exact) mass is 193 g/mol. The lowest BCUT2D eigenvalue weighted by atomic mass is 10.4. The van der Waals surface area contributed by atoms with E-state index < -0.39 is 0 Å². The number of thiazole rings is 1. The van der Waals surface area contributed by atoms with Crippen molar-refractivity contribution >= 4 is 22.2 Å². The molecular weight excluding hydrogens is 186 g/mol. The maximum Gasteiger partial charge on any atom is 0.271 e.